The van der Waals surface area contributed by atoms with Gasteiger partial charge in [-0.3, -0.25) is 4.79 Å². The van der Waals surface area contributed by atoms with Crippen molar-refractivity contribution in [3.8, 4) is 0 Å². The van der Waals surface area contributed by atoms with Crippen molar-refractivity contribution in [2.75, 3.05) is 0 Å². The minimum Gasteiger partial charge on any atom is -0.356 e. The Kier molecular flexibility index (Phi) is 2.68. The van der Waals surface area contributed by atoms with Crippen molar-refractivity contribution >= 4 is 14.3 Å². The highest BCUT2D eigenvalue weighted by molar-refractivity contribution is 6.04. The van der Waals surface area contributed by atoms with E-state index in [9.17, 15) is 4.79 Å². The third-order valence-electron chi connectivity index (χ3n) is 2.97. The van der Waals surface area contributed by atoms with Gasteiger partial charge in [0.05, 0.1) is 0 Å². The molecular weight excluding hydrogens is 173 g/mol. The molecule has 0 aromatic heterocycles. The quantitative estimate of drug-likeness (QED) is 0.553. The average molecular weight is 187 g/mol. The average Bonchev–Trinajstić information content (AvgIpc) is 2.27. The lowest BCUT2D eigenvalue weighted by Crippen LogP contribution is -2.22. The maximum absolute atomic E-state index is 10.6. The lowest BCUT2D eigenvalue weighted by Gasteiger charge is -2.25. The fourth-order valence-corrected chi connectivity index (χ4v) is 2.21. The van der Waals surface area contributed by atoms with Gasteiger partial charge in [0.15, 0.2) is 7.98 Å². The fraction of sp³-hybridized carbons (Fsp3) is 0.364. The van der Waals surface area contributed by atoms with E-state index in [2.05, 4.69) is 11.3 Å². The van der Waals surface area contributed by atoms with Crippen LogP contribution in [0.2, 0.25) is 0 Å². The lowest BCUT2D eigenvalue weighted by molar-refractivity contribution is 0.112. The lowest BCUT2D eigenvalue weighted by atomic mass is 9.86. The first kappa shape index (κ1) is 9.47. The summed E-state index contributed by atoms with van der Waals surface area (Å²) < 4.78 is 0. The van der Waals surface area contributed by atoms with E-state index >= 15 is 0 Å². The van der Waals surface area contributed by atoms with Crippen LogP contribution in [0.5, 0.6) is 0 Å². The molecule has 0 fully saturated rings. The van der Waals surface area contributed by atoms with E-state index in [0.29, 0.717) is 6.04 Å². The van der Waals surface area contributed by atoms with Gasteiger partial charge >= 0.3 is 0 Å². The third kappa shape index (κ3) is 1.60. The summed E-state index contributed by atoms with van der Waals surface area (Å²) in [6, 6.07) is 6.48. The molecule has 1 aliphatic carbocycles. The Bertz CT molecular complexity index is 351. The Morgan fingerprint density at radius 1 is 1.50 bits per heavy atom. The van der Waals surface area contributed by atoms with Crippen LogP contribution in [0, 0.1) is 0 Å². The van der Waals surface area contributed by atoms with E-state index in [1.54, 1.807) is 0 Å². The van der Waals surface area contributed by atoms with Crippen molar-refractivity contribution < 1.29 is 4.79 Å². The van der Waals surface area contributed by atoms with Crippen molar-refractivity contribution in [2.24, 2.45) is 0 Å². The first-order chi connectivity index (χ1) is 6.85. The maximum atomic E-state index is 10.6. The van der Waals surface area contributed by atoms with Gasteiger partial charge in [-0.1, -0.05) is 12.1 Å². The second-order valence-corrected chi connectivity index (χ2v) is 3.81. The molecule has 0 bridgehead atoms. The van der Waals surface area contributed by atoms with Gasteiger partial charge in [-0.25, -0.2) is 0 Å². The van der Waals surface area contributed by atoms with E-state index in [1.807, 2.05) is 20.1 Å². The zero-order valence-corrected chi connectivity index (χ0v) is 8.42. The molecule has 72 valence electrons. The SMILES string of the molecule is BNC1CCCc2cc(C=O)ccc21. The molecule has 0 saturated heterocycles. The molecule has 0 radical (unpaired) electrons. The van der Waals surface area contributed by atoms with Crippen LogP contribution < -0.4 is 5.23 Å². The third-order valence-corrected chi connectivity index (χ3v) is 2.97. The summed E-state index contributed by atoms with van der Waals surface area (Å²) in [5, 5.41) is 3.31. The number of rotatable bonds is 2. The van der Waals surface area contributed by atoms with Crippen molar-refractivity contribution in [1.29, 1.82) is 0 Å². The Morgan fingerprint density at radius 3 is 3.07 bits per heavy atom. The van der Waals surface area contributed by atoms with Crippen LogP contribution in [0.25, 0.3) is 0 Å². The predicted octanol–water partition coefficient (Wildman–Crippen LogP) is 1.01. The molecule has 3 heteroatoms. The van der Waals surface area contributed by atoms with Crippen LogP contribution >= 0.6 is 0 Å². The van der Waals surface area contributed by atoms with Gasteiger partial charge in [0, 0.05) is 11.6 Å². The van der Waals surface area contributed by atoms with Crippen molar-refractivity contribution in [3.05, 3.63) is 34.9 Å². The van der Waals surface area contributed by atoms with Crippen molar-refractivity contribution in [3.63, 3.8) is 0 Å². The van der Waals surface area contributed by atoms with Gasteiger partial charge in [0.2, 0.25) is 0 Å². The molecule has 14 heavy (non-hydrogen) atoms. The van der Waals surface area contributed by atoms with Crippen LogP contribution in [-0.2, 0) is 6.42 Å². The van der Waals surface area contributed by atoms with Crippen molar-refractivity contribution in [2.45, 2.75) is 25.3 Å². The zero-order valence-electron chi connectivity index (χ0n) is 8.42. The molecular formula is C11H14BNO. The summed E-state index contributed by atoms with van der Waals surface area (Å²) in [5.41, 5.74) is 3.49. The van der Waals surface area contributed by atoms with Gasteiger partial charge in [-0.15, -0.1) is 0 Å². The second-order valence-electron chi connectivity index (χ2n) is 3.81. The molecule has 0 heterocycles. The number of benzene rings is 1. The molecule has 1 aliphatic rings. The number of carbonyl (C=O) groups excluding carboxylic acids is 1. The number of aldehydes is 1. The smallest absolute Gasteiger partial charge is 0.182 e. The summed E-state index contributed by atoms with van der Waals surface area (Å²) in [4.78, 5) is 10.6. The Hall–Kier alpha value is -1.09. The number of aryl methyl sites for hydroxylation is 1. The number of carbonyl (C=O) groups is 1. The maximum Gasteiger partial charge on any atom is 0.182 e. The molecule has 1 aromatic rings. The summed E-state index contributed by atoms with van der Waals surface area (Å²) in [7, 11) is 1.99. The van der Waals surface area contributed by atoms with Gasteiger partial charge in [-0.05, 0) is 36.5 Å². The zero-order chi connectivity index (χ0) is 9.97. The predicted molar refractivity (Wildman–Crippen MR) is 59.2 cm³/mol. The highest BCUT2D eigenvalue weighted by atomic mass is 16.1. The molecule has 0 spiro atoms. The van der Waals surface area contributed by atoms with Crippen LogP contribution in [0.15, 0.2) is 18.2 Å². The van der Waals surface area contributed by atoms with Crippen molar-refractivity contribution in [1.82, 2.24) is 5.23 Å². The molecule has 0 aliphatic heterocycles. The van der Waals surface area contributed by atoms with Gasteiger partial charge in [0.25, 0.3) is 0 Å². The van der Waals surface area contributed by atoms with Crippen LogP contribution in [-0.4, -0.2) is 14.3 Å². The molecule has 2 nitrogen and oxygen atoms in total. The molecule has 1 N–H and O–H groups in total. The highest BCUT2D eigenvalue weighted by Crippen LogP contribution is 2.29. The van der Waals surface area contributed by atoms with E-state index in [1.165, 1.54) is 24.0 Å². The van der Waals surface area contributed by atoms with Gasteiger partial charge < -0.3 is 5.23 Å². The second kappa shape index (κ2) is 3.97. The Balaban J connectivity index is 2.40. The first-order valence-electron chi connectivity index (χ1n) is 5.10. The summed E-state index contributed by atoms with van der Waals surface area (Å²) in [6.07, 6.45) is 4.43. The molecule has 1 aromatic carbocycles. The normalized spacial score (nSPS) is 20.1. The number of hydrogen-bond acceptors (Lipinski definition) is 2. The monoisotopic (exact) mass is 187 g/mol. The number of fused-ring (bicyclic) bond motifs is 1. The van der Waals surface area contributed by atoms with Gasteiger partial charge in [0.1, 0.15) is 6.29 Å². The molecule has 2 rings (SSSR count). The molecule has 0 saturated carbocycles. The first-order valence-corrected chi connectivity index (χ1v) is 5.10. The minimum absolute atomic E-state index is 0.472. The fourth-order valence-electron chi connectivity index (χ4n) is 2.21. The van der Waals surface area contributed by atoms with E-state index in [0.717, 1.165) is 18.3 Å². The number of nitrogens with one attached hydrogen (secondary N) is 1. The Labute approximate surface area is 85.1 Å². The van der Waals surface area contributed by atoms with Gasteiger partial charge in [-0.2, -0.15) is 0 Å². The van der Waals surface area contributed by atoms with E-state index < -0.39 is 0 Å². The van der Waals surface area contributed by atoms with Crippen LogP contribution in [0.1, 0.15) is 40.4 Å². The minimum atomic E-state index is 0.472. The number of hydrogen-bond donors (Lipinski definition) is 1. The van der Waals surface area contributed by atoms with E-state index in [4.69, 9.17) is 0 Å². The largest absolute Gasteiger partial charge is 0.356 e. The van der Waals surface area contributed by atoms with E-state index in [-0.39, 0.29) is 0 Å². The molecule has 0 amide bonds. The Morgan fingerprint density at radius 2 is 2.36 bits per heavy atom. The molecule has 1 atom stereocenters. The van der Waals surface area contributed by atoms with Crippen LogP contribution in [0.3, 0.4) is 0 Å². The summed E-state index contributed by atoms with van der Waals surface area (Å²) >= 11 is 0. The molecule has 1 unspecified atom stereocenters. The van der Waals surface area contributed by atoms with Crippen LogP contribution in [0.4, 0.5) is 0 Å². The summed E-state index contributed by atoms with van der Waals surface area (Å²) in [6.45, 7) is 0. The summed E-state index contributed by atoms with van der Waals surface area (Å²) in [5.74, 6) is 0. The standard InChI is InChI=1S/C11H14BNO/c12-13-11-3-1-2-9-6-8(7-14)4-5-10(9)11/h4-7,11,13H,1-3,12H2. The topological polar surface area (TPSA) is 29.1 Å². The highest BCUT2D eigenvalue weighted by Gasteiger charge is 2.17.